The number of nitrogens with zero attached hydrogens (tertiary/aromatic N) is 1. The molecule has 0 aliphatic carbocycles. The molecule has 0 bridgehead atoms. The van der Waals surface area contributed by atoms with Crippen LogP contribution in [0.15, 0.2) is 12.7 Å². The van der Waals surface area contributed by atoms with E-state index in [-0.39, 0.29) is 5.75 Å². The van der Waals surface area contributed by atoms with Crippen LogP contribution in [0, 0.1) is 0 Å². The molecule has 96 valence electrons. The van der Waals surface area contributed by atoms with Crippen LogP contribution < -0.4 is 5.32 Å². The van der Waals surface area contributed by atoms with Crippen molar-refractivity contribution < 1.29 is 8.42 Å². The second-order valence-corrected chi connectivity index (χ2v) is 6.11. The largest absolute Gasteiger partial charge is 0.314 e. The smallest absolute Gasteiger partial charge is 0.214 e. The standard InChI is InChI=1S/C11H24N2O2S/c1-5-9-13(6-2)16(14,15)10-7-8-12-11(3)4/h5,11-12H,1,6-10H2,2-4H3. The van der Waals surface area contributed by atoms with Crippen LogP contribution in [0.3, 0.4) is 0 Å². The van der Waals surface area contributed by atoms with Gasteiger partial charge in [0.2, 0.25) is 10.0 Å². The van der Waals surface area contributed by atoms with E-state index >= 15 is 0 Å². The number of rotatable bonds is 9. The summed E-state index contributed by atoms with van der Waals surface area (Å²) in [5.41, 5.74) is 0. The van der Waals surface area contributed by atoms with Crippen molar-refractivity contribution >= 4 is 10.0 Å². The van der Waals surface area contributed by atoms with Crippen LogP contribution in [0.1, 0.15) is 27.2 Å². The summed E-state index contributed by atoms with van der Waals surface area (Å²) in [5.74, 6) is 0.203. The minimum absolute atomic E-state index is 0.203. The molecule has 0 saturated carbocycles. The summed E-state index contributed by atoms with van der Waals surface area (Å²) in [5, 5.41) is 3.20. The number of sulfonamides is 1. The highest BCUT2D eigenvalue weighted by molar-refractivity contribution is 7.89. The van der Waals surface area contributed by atoms with Gasteiger partial charge in [0.1, 0.15) is 0 Å². The van der Waals surface area contributed by atoms with Crippen molar-refractivity contribution in [3.8, 4) is 0 Å². The Hall–Kier alpha value is -0.390. The Balaban J connectivity index is 4.07. The maximum atomic E-state index is 11.8. The SMILES string of the molecule is C=CCN(CC)S(=O)(=O)CCCNC(C)C. The van der Waals surface area contributed by atoms with E-state index in [4.69, 9.17) is 0 Å². The average Bonchev–Trinajstić information content (AvgIpc) is 2.20. The van der Waals surface area contributed by atoms with Crippen molar-refractivity contribution in [3.05, 3.63) is 12.7 Å². The second kappa shape index (κ2) is 7.81. The summed E-state index contributed by atoms with van der Waals surface area (Å²) in [4.78, 5) is 0. The maximum absolute atomic E-state index is 11.8. The lowest BCUT2D eigenvalue weighted by molar-refractivity contribution is 0.457. The fourth-order valence-corrected chi connectivity index (χ4v) is 2.85. The van der Waals surface area contributed by atoms with Gasteiger partial charge in [0.15, 0.2) is 0 Å². The van der Waals surface area contributed by atoms with E-state index in [1.54, 1.807) is 6.08 Å². The first kappa shape index (κ1) is 15.6. The molecule has 16 heavy (non-hydrogen) atoms. The third-order valence-electron chi connectivity index (χ3n) is 2.21. The second-order valence-electron chi connectivity index (χ2n) is 4.02. The van der Waals surface area contributed by atoms with Gasteiger partial charge in [-0.1, -0.05) is 26.8 Å². The fourth-order valence-electron chi connectivity index (χ4n) is 1.36. The first-order valence-corrected chi connectivity index (χ1v) is 7.37. The molecule has 0 amide bonds. The Morgan fingerprint density at radius 2 is 2.06 bits per heavy atom. The zero-order valence-electron chi connectivity index (χ0n) is 10.6. The van der Waals surface area contributed by atoms with Crippen LogP contribution in [0.5, 0.6) is 0 Å². The summed E-state index contributed by atoms with van der Waals surface area (Å²) in [6, 6.07) is 0.401. The molecule has 0 aliphatic rings. The molecule has 0 heterocycles. The first-order chi connectivity index (χ1) is 7.44. The predicted octanol–water partition coefficient (Wildman–Crippen LogP) is 1.21. The van der Waals surface area contributed by atoms with Gasteiger partial charge < -0.3 is 5.32 Å². The van der Waals surface area contributed by atoms with Crippen LogP contribution in [-0.4, -0.2) is 44.2 Å². The van der Waals surface area contributed by atoms with E-state index < -0.39 is 10.0 Å². The number of hydrogen-bond acceptors (Lipinski definition) is 3. The third-order valence-corrected chi connectivity index (χ3v) is 4.21. The molecule has 0 saturated heterocycles. The zero-order valence-corrected chi connectivity index (χ0v) is 11.4. The lowest BCUT2D eigenvalue weighted by atomic mass is 10.4. The van der Waals surface area contributed by atoms with E-state index in [1.165, 1.54) is 4.31 Å². The van der Waals surface area contributed by atoms with E-state index in [0.29, 0.717) is 25.6 Å². The monoisotopic (exact) mass is 248 g/mol. The number of likely N-dealkylation sites (N-methyl/N-ethyl adjacent to an activating group) is 1. The molecule has 0 aromatic carbocycles. The maximum Gasteiger partial charge on any atom is 0.214 e. The zero-order chi connectivity index (χ0) is 12.6. The topological polar surface area (TPSA) is 49.4 Å². The predicted molar refractivity (Wildman–Crippen MR) is 69.0 cm³/mol. The van der Waals surface area contributed by atoms with Gasteiger partial charge in [-0.05, 0) is 13.0 Å². The minimum Gasteiger partial charge on any atom is -0.314 e. The highest BCUT2D eigenvalue weighted by Crippen LogP contribution is 2.02. The van der Waals surface area contributed by atoms with Crippen molar-refractivity contribution in [1.82, 2.24) is 9.62 Å². The Labute approximate surface area is 99.8 Å². The van der Waals surface area contributed by atoms with E-state index in [2.05, 4.69) is 11.9 Å². The Kier molecular flexibility index (Phi) is 7.62. The Morgan fingerprint density at radius 1 is 1.44 bits per heavy atom. The van der Waals surface area contributed by atoms with Crippen LogP contribution in [0.25, 0.3) is 0 Å². The fraction of sp³-hybridized carbons (Fsp3) is 0.818. The Morgan fingerprint density at radius 3 is 2.50 bits per heavy atom. The van der Waals surface area contributed by atoms with Crippen molar-refractivity contribution in [1.29, 1.82) is 0 Å². The van der Waals surface area contributed by atoms with Crippen LogP contribution in [-0.2, 0) is 10.0 Å². The summed E-state index contributed by atoms with van der Waals surface area (Å²) in [6.07, 6.45) is 2.27. The summed E-state index contributed by atoms with van der Waals surface area (Å²) >= 11 is 0. The van der Waals surface area contributed by atoms with Crippen molar-refractivity contribution in [3.63, 3.8) is 0 Å². The number of nitrogens with one attached hydrogen (secondary N) is 1. The molecule has 0 radical (unpaired) electrons. The highest BCUT2D eigenvalue weighted by atomic mass is 32.2. The van der Waals surface area contributed by atoms with E-state index in [0.717, 1.165) is 6.54 Å². The molecule has 0 aromatic rings. The lowest BCUT2D eigenvalue weighted by Gasteiger charge is -2.18. The summed E-state index contributed by atoms with van der Waals surface area (Å²) < 4.78 is 25.1. The van der Waals surface area contributed by atoms with E-state index in [9.17, 15) is 8.42 Å². The molecule has 5 heteroatoms. The van der Waals surface area contributed by atoms with Crippen molar-refractivity contribution in [2.75, 3.05) is 25.4 Å². The first-order valence-electron chi connectivity index (χ1n) is 5.76. The van der Waals surface area contributed by atoms with Gasteiger partial charge in [0, 0.05) is 19.1 Å². The molecule has 4 nitrogen and oxygen atoms in total. The minimum atomic E-state index is -3.11. The van der Waals surface area contributed by atoms with Gasteiger partial charge >= 0.3 is 0 Å². The van der Waals surface area contributed by atoms with Gasteiger partial charge in [0.05, 0.1) is 5.75 Å². The Bertz CT molecular complexity index is 286. The molecule has 0 unspecified atom stereocenters. The molecular weight excluding hydrogens is 224 g/mol. The van der Waals surface area contributed by atoms with E-state index in [1.807, 2.05) is 20.8 Å². The quantitative estimate of drug-likeness (QED) is 0.493. The molecule has 0 rings (SSSR count). The molecule has 1 N–H and O–H groups in total. The van der Waals surface area contributed by atoms with Crippen molar-refractivity contribution in [2.45, 2.75) is 33.2 Å². The molecule has 0 atom stereocenters. The average molecular weight is 248 g/mol. The lowest BCUT2D eigenvalue weighted by Crippen LogP contribution is -2.34. The van der Waals surface area contributed by atoms with Gasteiger partial charge in [-0.2, -0.15) is 4.31 Å². The molecule has 0 fully saturated rings. The van der Waals surface area contributed by atoms with Crippen molar-refractivity contribution in [2.24, 2.45) is 0 Å². The number of hydrogen-bond donors (Lipinski definition) is 1. The molecule has 0 aliphatic heterocycles. The van der Waals surface area contributed by atoms with Crippen LogP contribution >= 0.6 is 0 Å². The highest BCUT2D eigenvalue weighted by Gasteiger charge is 2.18. The van der Waals surface area contributed by atoms with Crippen LogP contribution in [0.2, 0.25) is 0 Å². The van der Waals surface area contributed by atoms with Gasteiger partial charge in [-0.3, -0.25) is 0 Å². The summed E-state index contributed by atoms with van der Waals surface area (Å²) in [7, 11) is -3.11. The third kappa shape index (κ3) is 6.25. The molecule has 0 aromatic heterocycles. The molecular formula is C11H24N2O2S. The van der Waals surface area contributed by atoms with Gasteiger partial charge in [-0.25, -0.2) is 8.42 Å². The normalized spacial score (nSPS) is 12.3. The van der Waals surface area contributed by atoms with Crippen LogP contribution in [0.4, 0.5) is 0 Å². The van der Waals surface area contributed by atoms with Gasteiger partial charge in [0.25, 0.3) is 0 Å². The molecule has 0 spiro atoms. The summed E-state index contributed by atoms with van der Waals surface area (Å²) in [6.45, 7) is 11.1. The van der Waals surface area contributed by atoms with Gasteiger partial charge in [-0.15, -0.1) is 6.58 Å².